The summed E-state index contributed by atoms with van der Waals surface area (Å²) in [5.41, 5.74) is 2.50. The molecule has 0 aliphatic rings. The zero-order valence-corrected chi connectivity index (χ0v) is 10.6. The molecule has 2 aromatic carbocycles. The first-order chi connectivity index (χ1) is 9.22. The van der Waals surface area contributed by atoms with Crippen LogP contribution in [0.2, 0.25) is 0 Å². The lowest BCUT2D eigenvalue weighted by Gasteiger charge is -1.98. The van der Waals surface area contributed by atoms with E-state index in [0.29, 0.717) is 5.75 Å². The lowest BCUT2D eigenvalue weighted by Crippen LogP contribution is -1.96. The van der Waals surface area contributed by atoms with Crippen molar-refractivity contribution in [2.24, 2.45) is 0 Å². The SMILES string of the molecule is O=S(O)Oc1ccc2nc(-c3ccccc3)[nH]c2c1. The number of benzene rings is 2. The number of H-pyrrole nitrogens is 1. The average Bonchev–Trinajstić information content (AvgIpc) is 2.82. The summed E-state index contributed by atoms with van der Waals surface area (Å²) in [4.78, 5) is 7.61. The number of aromatic amines is 1. The number of aromatic nitrogens is 2. The maximum atomic E-state index is 10.6. The van der Waals surface area contributed by atoms with Crippen LogP contribution in [0.3, 0.4) is 0 Å². The Bertz CT molecular complexity index is 740. The smallest absolute Gasteiger partial charge is 0.357 e. The van der Waals surface area contributed by atoms with E-state index in [-0.39, 0.29) is 0 Å². The van der Waals surface area contributed by atoms with Crippen LogP contribution in [0.25, 0.3) is 22.4 Å². The van der Waals surface area contributed by atoms with Gasteiger partial charge in [-0.05, 0) is 12.1 Å². The van der Waals surface area contributed by atoms with Crippen molar-refractivity contribution >= 4 is 22.4 Å². The van der Waals surface area contributed by atoms with E-state index in [2.05, 4.69) is 9.97 Å². The molecule has 19 heavy (non-hydrogen) atoms. The van der Waals surface area contributed by atoms with Gasteiger partial charge in [0, 0.05) is 11.6 Å². The Hall–Kier alpha value is -2.18. The first-order valence-electron chi connectivity index (χ1n) is 5.57. The van der Waals surface area contributed by atoms with E-state index in [0.717, 1.165) is 22.4 Å². The van der Waals surface area contributed by atoms with Crippen molar-refractivity contribution in [1.82, 2.24) is 9.97 Å². The number of fused-ring (bicyclic) bond motifs is 1. The van der Waals surface area contributed by atoms with Gasteiger partial charge in [0.25, 0.3) is 0 Å². The van der Waals surface area contributed by atoms with Crippen molar-refractivity contribution in [1.29, 1.82) is 0 Å². The van der Waals surface area contributed by atoms with E-state index in [4.69, 9.17) is 8.74 Å². The maximum Gasteiger partial charge on any atom is 0.357 e. The highest BCUT2D eigenvalue weighted by Gasteiger charge is 2.07. The molecule has 0 fully saturated rings. The zero-order chi connectivity index (χ0) is 13.2. The topological polar surface area (TPSA) is 75.2 Å². The second kappa shape index (κ2) is 4.83. The molecule has 1 aromatic heterocycles. The lowest BCUT2D eigenvalue weighted by molar-refractivity contribution is 0.458. The summed E-state index contributed by atoms with van der Waals surface area (Å²) in [5, 5.41) is 0. The molecule has 0 amide bonds. The van der Waals surface area contributed by atoms with Crippen LogP contribution < -0.4 is 4.18 Å². The van der Waals surface area contributed by atoms with Gasteiger partial charge in [-0.1, -0.05) is 30.3 Å². The van der Waals surface area contributed by atoms with Gasteiger partial charge in [-0.3, -0.25) is 4.55 Å². The summed E-state index contributed by atoms with van der Waals surface area (Å²) in [5.74, 6) is 1.06. The number of hydrogen-bond donors (Lipinski definition) is 2. The summed E-state index contributed by atoms with van der Waals surface area (Å²) in [6.45, 7) is 0. The van der Waals surface area contributed by atoms with Crippen molar-refractivity contribution in [3.05, 3.63) is 48.5 Å². The van der Waals surface area contributed by atoms with Crippen molar-refractivity contribution < 1.29 is 12.9 Å². The van der Waals surface area contributed by atoms with Gasteiger partial charge >= 0.3 is 11.4 Å². The van der Waals surface area contributed by atoms with Gasteiger partial charge in [-0.2, -0.15) is 4.21 Å². The molecule has 1 heterocycles. The van der Waals surface area contributed by atoms with Crippen LogP contribution in [0.15, 0.2) is 48.5 Å². The fraction of sp³-hybridized carbons (Fsp3) is 0. The van der Waals surface area contributed by atoms with Crippen molar-refractivity contribution in [3.8, 4) is 17.1 Å². The molecule has 6 heteroatoms. The minimum atomic E-state index is -2.32. The molecule has 0 radical (unpaired) electrons. The highest BCUT2D eigenvalue weighted by molar-refractivity contribution is 7.74. The normalized spacial score (nSPS) is 12.5. The fourth-order valence-corrected chi connectivity index (χ4v) is 2.12. The predicted octanol–water partition coefficient (Wildman–Crippen LogP) is 2.75. The molecule has 3 rings (SSSR count). The Morgan fingerprint density at radius 1 is 1.16 bits per heavy atom. The van der Waals surface area contributed by atoms with E-state index in [1.807, 2.05) is 30.3 Å². The van der Waals surface area contributed by atoms with Crippen LogP contribution in [0.4, 0.5) is 0 Å². The van der Waals surface area contributed by atoms with Crippen molar-refractivity contribution in [2.75, 3.05) is 0 Å². The van der Waals surface area contributed by atoms with E-state index in [9.17, 15) is 4.21 Å². The van der Waals surface area contributed by atoms with Gasteiger partial charge in [0.1, 0.15) is 11.6 Å². The molecule has 96 valence electrons. The fourth-order valence-electron chi connectivity index (χ4n) is 1.86. The third-order valence-corrected chi connectivity index (χ3v) is 3.00. The van der Waals surface area contributed by atoms with Gasteiger partial charge in [-0.25, -0.2) is 4.98 Å². The first-order valence-corrected chi connectivity index (χ1v) is 6.60. The van der Waals surface area contributed by atoms with Gasteiger partial charge < -0.3 is 9.17 Å². The standard InChI is InChI=1S/C13H10N2O3S/c16-19(17)18-10-6-7-11-12(8-10)15-13(14-11)9-4-2-1-3-5-9/h1-8H,(H,14,15)(H,16,17). The highest BCUT2D eigenvalue weighted by Crippen LogP contribution is 2.23. The van der Waals surface area contributed by atoms with Gasteiger partial charge in [0.15, 0.2) is 0 Å². The second-order valence-corrected chi connectivity index (χ2v) is 4.53. The average molecular weight is 274 g/mol. The second-order valence-electron chi connectivity index (χ2n) is 3.93. The summed E-state index contributed by atoms with van der Waals surface area (Å²) in [7, 11) is 0. The van der Waals surface area contributed by atoms with E-state index < -0.39 is 11.4 Å². The zero-order valence-electron chi connectivity index (χ0n) is 9.74. The quantitative estimate of drug-likeness (QED) is 0.720. The first kappa shape index (κ1) is 11.9. The Balaban J connectivity index is 2.04. The largest absolute Gasteiger partial charge is 0.380 e. The molecule has 0 aliphatic carbocycles. The molecule has 0 bridgehead atoms. The molecule has 5 nitrogen and oxygen atoms in total. The van der Waals surface area contributed by atoms with Crippen LogP contribution in [-0.4, -0.2) is 18.7 Å². The minimum absolute atomic E-state index is 0.316. The molecule has 0 aliphatic heterocycles. The number of nitrogens with zero attached hydrogens (tertiary/aromatic N) is 1. The third-order valence-electron chi connectivity index (χ3n) is 2.67. The van der Waals surface area contributed by atoms with Crippen LogP contribution in [0, 0.1) is 0 Å². The molecule has 1 atom stereocenters. The summed E-state index contributed by atoms with van der Waals surface area (Å²) >= 11 is -2.32. The molecule has 2 N–H and O–H groups in total. The number of nitrogens with one attached hydrogen (secondary N) is 1. The van der Waals surface area contributed by atoms with Crippen LogP contribution in [0.1, 0.15) is 0 Å². The molecular weight excluding hydrogens is 264 g/mol. The van der Waals surface area contributed by atoms with Gasteiger partial charge in [0.2, 0.25) is 0 Å². The Kier molecular flexibility index (Phi) is 3.02. The van der Waals surface area contributed by atoms with E-state index in [1.54, 1.807) is 18.2 Å². The van der Waals surface area contributed by atoms with Crippen LogP contribution in [0.5, 0.6) is 5.75 Å². The number of rotatable bonds is 3. The number of hydrogen-bond acceptors (Lipinski definition) is 3. The van der Waals surface area contributed by atoms with Crippen LogP contribution >= 0.6 is 0 Å². The van der Waals surface area contributed by atoms with E-state index in [1.165, 1.54) is 0 Å². The molecular formula is C13H10N2O3S. The minimum Gasteiger partial charge on any atom is -0.380 e. The van der Waals surface area contributed by atoms with E-state index >= 15 is 0 Å². The summed E-state index contributed by atoms with van der Waals surface area (Å²) in [6.07, 6.45) is 0. The predicted molar refractivity (Wildman–Crippen MR) is 72.9 cm³/mol. The molecule has 1 unspecified atom stereocenters. The van der Waals surface area contributed by atoms with Gasteiger partial charge in [0.05, 0.1) is 11.0 Å². The molecule has 3 aromatic rings. The van der Waals surface area contributed by atoms with Gasteiger partial charge in [-0.15, -0.1) is 0 Å². The third kappa shape index (κ3) is 2.49. The lowest BCUT2D eigenvalue weighted by atomic mass is 10.2. The monoisotopic (exact) mass is 274 g/mol. The number of imidazole rings is 1. The van der Waals surface area contributed by atoms with Crippen LogP contribution in [-0.2, 0) is 11.4 Å². The molecule has 0 saturated carbocycles. The van der Waals surface area contributed by atoms with Crippen molar-refractivity contribution in [3.63, 3.8) is 0 Å². The molecule has 0 saturated heterocycles. The maximum absolute atomic E-state index is 10.6. The summed E-state index contributed by atoms with van der Waals surface area (Å²) < 4.78 is 24.0. The Morgan fingerprint density at radius 3 is 2.68 bits per heavy atom. The highest BCUT2D eigenvalue weighted by atomic mass is 32.2. The van der Waals surface area contributed by atoms with Crippen molar-refractivity contribution in [2.45, 2.75) is 0 Å². The summed E-state index contributed by atoms with van der Waals surface area (Å²) in [6, 6.07) is 14.7. The molecule has 0 spiro atoms. The Labute approximate surface area is 111 Å². The Morgan fingerprint density at radius 2 is 1.95 bits per heavy atom.